The van der Waals surface area contributed by atoms with Crippen LogP contribution in [0, 0.1) is 0 Å². The highest BCUT2D eigenvalue weighted by Gasteiger charge is 2.12. The number of amides is 1. The molecular formula is C23H20ClN5O. The Morgan fingerprint density at radius 2 is 1.90 bits per heavy atom. The first-order valence-corrected chi connectivity index (χ1v) is 9.49. The Morgan fingerprint density at radius 1 is 1.10 bits per heavy atom. The number of hydrogen-bond acceptors (Lipinski definition) is 5. The molecule has 0 spiro atoms. The van der Waals surface area contributed by atoms with Crippen molar-refractivity contribution in [2.75, 3.05) is 10.6 Å². The lowest BCUT2D eigenvalue weighted by Crippen LogP contribution is -2.13. The van der Waals surface area contributed by atoms with Crippen LogP contribution >= 0.6 is 11.6 Å². The molecule has 0 bridgehead atoms. The number of benzene rings is 1. The monoisotopic (exact) mass is 417 g/mol. The number of pyridine rings is 2. The van der Waals surface area contributed by atoms with E-state index in [4.69, 9.17) is 11.6 Å². The van der Waals surface area contributed by atoms with E-state index >= 15 is 0 Å². The summed E-state index contributed by atoms with van der Waals surface area (Å²) in [6, 6.07) is 14.9. The molecule has 3 rings (SSSR count). The van der Waals surface area contributed by atoms with Gasteiger partial charge in [-0.1, -0.05) is 41.9 Å². The van der Waals surface area contributed by atoms with Crippen LogP contribution in [0.25, 0.3) is 11.1 Å². The highest BCUT2D eigenvalue weighted by Crippen LogP contribution is 2.27. The van der Waals surface area contributed by atoms with Gasteiger partial charge in [0.25, 0.3) is 5.91 Å². The van der Waals surface area contributed by atoms with Gasteiger partial charge in [0.2, 0.25) is 0 Å². The van der Waals surface area contributed by atoms with Crippen LogP contribution in [0.15, 0.2) is 95.1 Å². The van der Waals surface area contributed by atoms with Crippen molar-refractivity contribution < 1.29 is 4.79 Å². The number of halogens is 1. The predicted octanol–water partition coefficient (Wildman–Crippen LogP) is 5.49. The summed E-state index contributed by atoms with van der Waals surface area (Å²) < 4.78 is 0. The zero-order valence-electron chi connectivity index (χ0n) is 16.3. The Bertz CT molecular complexity index is 1110. The first-order valence-electron chi connectivity index (χ1n) is 9.11. The minimum Gasteiger partial charge on any atom is -0.325 e. The Labute approximate surface area is 180 Å². The van der Waals surface area contributed by atoms with Gasteiger partial charge < -0.3 is 10.6 Å². The molecule has 0 aliphatic heterocycles. The SMILES string of the molecule is C=N/C(=C\C=C(/C)Cl)Nc1cc(C(=O)Nc2cnccc2-c2ccccc2)ccn1. The van der Waals surface area contributed by atoms with E-state index in [1.54, 1.807) is 49.8 Å². The van der Waals surface area contributed by atoms with Gasteiger partial charge in [0.1, 0.15) is 11.6 Å². The summed E-state index contributed by atoms with van der Waals surface area (Å²) in [6.07, 6.45) is 8.22. The van der Waals surface area contributed by atoms with Gasteiger partial charge >= 0.3 is 0 Å². The predicted molar refractivity (Wildman–Crippen MR) is 123 cm³/mol. The molecule has 2 N–H and O–H groups in total. The zero-order valence-corrected chi connectivity index (χ0v) is 17.1. The minimum atomic E-state index is -0.278. The summed E-state index contributed by atoms with van der Waals surface area (Å²) in [7, 11) is 0. The van der Waals surface area contributed by atoms with E-state index in [1.807, 2.05) is 36.4 Å². The average Bonchev–Trinajstić information content (AvgIpc) is 2.77. The molecule has 6 nitrogen and oxygen atoms in total. The number of aliphatic imine (C=N–C) groups is 1. The minimum absolute atomic E-state index is 0.278. The maximum absolute atomic E-state index is 12.8. The summed E-state index contributed by atoms with van der Waals surface area (Å²) in [5, 5.41) is 6.53. The number of rotatable bonds is 7. The Hall–Kier alpha value is -3.77. The third-order valence-electron chi connectivity index (χ3n) is 4.07. The van der Waals surface area contributed by atoms with Gasteiger partial charge in [0.15, 0.2) is 0 Å². The van der Waals surface area contributed by atoms with Crippen molar-refractivity contribution in [3.05, 3.63) is 95.7 Å². The molecule has 0 saturated carbocycles. The molecule has 7 heteroatoms. The van der Waals surface area contributed by atoms with Gasteiger partial charge in [-0.3, -0.25) is 9.78 Å². The van der Waals surface area contributed by atoms with Crippen LogP contribution in [0.4, 0.5) is 11.5 Å². The summed E-state index contributed by atoms with van der Waals surface area (Å²) in [4.78, 5) is 25.1. The van der Waals surface area contributed by atoms with Gasteiger partial charge in [-0.25, -0.2) is 9.98 Å². The number of anilines is 2. The van der Waals surface area contributed by atoms with E-state index in [9.17, 15) is 4.79 Å². The Morgan fingerprint density at radius 3 is 2.63 bits per heavy atom. The number of aromatic nitrogens is 2. The van der Waals surface area contributed by atoms with Crippen LogP contribution in [0.5, 0.6) is 0 Å². The molecule has 1 amide bonds. The van der Waals surface area contributed by atoms with Crippen molar-refractivity contribution in [1.82, 2.24) is 9.97 Å². The third-order valence-corrected chi connectivity index (χ3v) is 4.20. The molecule has 0 atom stereocenters. The fourth-order valence-electron chi connectivity index (χ4n) is 2.66. The van der Waals surface area contributed by atoms with Gasteiger partial charge in [-0.15, -0.1) is 0 Å². The molecule has 30 heavy (non-hydrogen) atoms. The normalized spacial score (nSPS) is 11.7. The molecule has 1 aromatic carbocycles. The van der Waals surface area contributed by atoms with E-state index in [0.717, 1.165) is 11.1 Å². The van der Waals surface area contributed by atoms with Crippen LogP contribution in [0.3, 0.4) is 0 Å². The van der Waals surface area contributed by atoms with Crippen LogP contribution in [-0.2, 0) is 0 Å². The molecule has 0 radical (unpaired) electrons. The number of carbonyl (C=O) groups is 1. The van der Waals surface area contributed by atoms with Gasteiger partial charge in [0, 0.05) is 28.6 Å². The van der Waals surface area contributed by atoms with Crippen molar-refractivity contribution in [2.45, 2.75) is 6.92 Å². The molecule has 3 aromatic rings. The number of allylic oxidation sites excluding steroid dienone is 3. The smallest absolute Gasteiger partial charge is 0.255 e. The lowest BCUT2D eigenvalue weighted by atomic mass is 10.1. The van der Waals surface area contributed by atoms with Crippen molar-refractivity contribution >= 4 is 35.7 Å². The van der Waals surface area contributed by atoms with Crippen LogP contribution < -0.4 is 10.6 Å². The van der Waals surface area contributed by atoms with Crippen molar-refractivity contribution in [2.24, 2.45) is 4.99 Å². The molecule has 2 aromatic heterocycles. The molecule has 150 valence electrons. The van der Waals surface area contributed by atoms with Gasteiger partial charge in [-0.2, -0.15) is 0 Å². The maximum atomic E-state index is 12.8. The molecule has 0 unspecified atom stereocenters. The maximum Gasteiger partial charge on any atom is 0.255 e. The highest BCUT2D eigenvalue weighted by molar-refractivity contribution is 6.29. The Kier molecular flexibility index (Phi) is 7.08. The summed E-state index contributed by atoms with van der Waals surface area (Å²) in [5.74, 6) is 0.634. The zero-order chi connectivity index (χ0) is 21.3. The molecular weight excluding hydrogens is 398 g/mol. The van der Waals surface area contributed by atoms with E-state index in [0.29, 0.717) is 27.9 Å². The molecule has 0 saturated heterocycles. The van der Waals surface area contributed by atoms with Gasteiger partial charge in [-0.05, 0) is 49.6 Å². The lowest BCUT2D eigenvalue weighted by Gasteiger charge is -2.11. The number of hydrogen-bond donors (Lipinski definition) is 2. The van der Waals surface area contributed by atoms with Crippen LogP contribution in [-0.4, -0.2) is 22.6 Å². The van der Waals surface area contributed by atoms with Gasteiger partial charge in [0.05, 0.1) is 11.9 Å². The standard InChI is InChI=1S/C23H20ClN5O/c1-16(24)8-9-21(25-2)29-22-14-18(10-13-27-22)23(30)28-20-15-26-12-11-19(20)17-6-4-3-5-7-17/h3-15H,2H2,1H3,(H,27,29)(H,28,30)/b16-8+,21-9+. The fraction of sp³-hybridized carbons (Fsp3) is 0.0435. The first-order chi connectivity index (χ1) is 14.6. The lowest BCUT2D eigenvalue weighted by molar-refractivity contribution is 0.102. The first kappa shape index (κ1) is 21.0. The summed E-state index contributed by atoms with van der Waals surface area (Å²) >= 11 is 5.84. The third kappa shape index (κ3) is 5.62. The molecule has 0 fully saturated rings. The number of nitrogens with zero attached hydrogens (tertiary/aromatic N) is 3. The Balaban J connectivity index is 1.81. The molecule has 0 aliphatic carbocycles. The quantitative estimate of drug-likeness (QED) is 0.393. The van der Waals surface area contributed by atoms with Crippen molar-refractivity contribution in [1.29, 1.82) is 0 Å². The second-order valence-electron chi connectivity index (χ2n) is 6.26. The largest absolute Gasteiger partial charge is 0.325 e. The number of nitrogens with one attached hydrogen (secondary N) is 2. The van der Waals surface area contributed by atoms with Crippen LogP contribution in [0.1, 0.15) is 17.3 Å². The second kappa shape index (κ2) is 10.1. The fourth-order valence-corrected chi connectivity index (χ4v) is 2.72. The topological polar surface area (TPSA) is 79.3 Å². The van der Waals surface area contributed by atoms with Crippen molar-refractivity contribution in [3.8, 4) is 11.1 Å². The second-order valence-corrected chi connectivity index (χ2v) is 6.86. The van der Waals surface area contributed by atoms with Crippen molar-refractivity contribution in [3.63, 3.8) is 0 Å². The van der Waals surface area contributed by atoms with E-state index in [2.05, 4.69) is 32.3 Å². The molecule has 0 aliphatic rings. The van der Waals surface area contributed by atoms with Crippen LogP contribution in [0.2, 0.25) is 0 Å². The van der Waals surface area contributed by atoms with E-state index < -0.39 is 0 Å². The van der Waals surface area contributed by atoms with E-state index in [1.165, 1.54) is 0 Å². The summed E-state index contributed by atoms with van der Waals surface area (Å²) in [6.45, 7) is 5.27. The highest BCUT2D eigenvalue weighted by atomic mass is 35.5. The average molecular weight is 418 g/mol. The molecule has 2 heterocycles. The number of carbonyl (C=O) groups excluding carboxylic acids is 1. The summed E-state index contributed by atoms with van der Waals surface area (Å²) in [5.41, 5.74) is 2.93. The van der Waals surface area contributed by atoms with E-state index in [-0.39, 0.29) is 5.91 Å².